The minimum Gasteiger partial charge on any atom is -0.339 e. The number of amidine groups is 1. The Balaban J connectivity index is 1.59. The molecule has 1 N–H and O–H groups in total. The molecule has 0 spiro atoms. The molecule has 132 valence electrons. The molecule has 0 saturated heterocycles. The van der Waals surface area contributed by atoms with E-state index in [-0.39, 0.29) is 6.04 Å². The van der Waals surface area contributed by atoms with Gasteiger partial charge in [-0.3, -0.25) is 4.99 Å². The van der Waals surface area contributed by atoms with E-state index in [1.165, 1.54) is 10.8 Å². The number of hydrogen-bond donors (Lipinski definition) is 1. The van der Waals surface area contributed by atoms with Crippen molar-refractivity contribution in [3.8, 4) is 0 Å². The predicted molar refractivity (Wildman–Crippen MR) is 111 cm³/mol. The Morgan fingerprint density at radius 3 is 2.63 bits per heavy atom. The third-order valence-corrected chi connectivity index (χ3v) is 5.15. The van der Waals surface area contributed by atoms with Crippen molar-refractivity contribution in [2.75, 3.05) is 5.32 Å². The Kier molecular flexibility index (Phi) is 3.91. The van der Waals surface area contributed by atoms with Crippen LogP contribution in [0.1, 0.15) is 17.2 Å². The lowest BCUT2D eigenvalue weighted by Gasteiger charge is -2.16. The second-order valence-electron chi connectivity index (χ2n) is 6.64. The van der Waals surface area contributed by atoms with Gasteiger partial charge in [-0.25, -0.2) is 4.98 Å². The van der Waals surface area contributed by atoms with Crippen LogP contribution in [-0.2, 0) is 6.54 Å². The van der Waals surface area contributed by atoms with Gasteiger partial charge in [0.05, 0.1) is 18.9 Å². The Labute approximate surface area is 162 Å². The van der Waals surface area contributed by atoms with Gasteiger partial charge in [-0.2, -0.15) is 0 Å². The van der Waals surface area contributed by atoms with E-state index in [0.29, 0.717) is 6.54 Å². The van der Waals surface area contributed by atoms with E-state index in [1.54, 1.807) is 6.20 Å². The first-order valence-corrected chi connectivity index (χ1v) is 9.24. The van der Waals surface area contributed by atoms with Gasteiger partial charge in [0.2, 0.25) is 0 Å². The van der Waals surface area contributed by atoms with Crippen LogP contribution in [0.3, 0.4) is 0 Å². The molecule has 0 saturated carbocycles. The van der Waals surface area contributed by atoms with Crippen molar-refractivity contribution < 1.29 is 0 Å². The van der Waals surface area contributed by atoms with E-state index in [9.17, 15) is 0 Å². The van der Waals surface area contributed by atoms with Crippen molar-refractivity contribution in [1.82, 2.24) is 9.55 Å². The average Bonchev–Trinajstić information content (AvgIpc) is 3.32. The number of hydrogen-bond acceptors (Lipinski definition) is 2. The quantitative estimate of drug-likeness (QED) is 0.528. The fourth-order valence-electron chi connectivity index (χ4n) is 3.60. The number of nitrogens with zero attached hydrogens (tertiary/aromatic N) is 3. The summed E-state index contributed by atoms with van der Waals surface area (Å²) in [5.74, 6) is 0.905. The van der Waals surface area contributed by atoms with Crippen LogP contribution < -0.4 is 5.32 Å². The monoisotopic (exact) mass is 372 g/mol. The van der Waals surface area contributed by atoms with E-state index in [2.05, 4.69) is 46.7 Å². The van der Waals surface area contributed by atoms with Gasteiger partial charge in [0.15, 0.2) is 0 Å². The number of imidazole rings is 1. The lowest BCUT2D eigenvalue weighted by Crippen LogP contribution is -2.13. The fraction of sp³-hybridized carbons (Fsp3) is 0.0909. The van der Waals surface area contributed by atoms with Gasteiger partial charge in [0.25, 0.3) is 0 Å². The molecular formula is C22H17ClN4. The summed E-state index contributed by atoms with van der Waals surface area (Å²) in [4.78, 5) is 9.26. The Hall–Kier alpha value is -3.11. The molecule has 4 nitrogen and oxygen atoms in total. The first-order valence-electron chi connectivity index (χ1n) is 8.86. The molecule has 1 aliphatic heterocycles. The van der Waals surface area contributed by atoms with Crippen LogP contribution in [0.15, 0.2) is 84.4 Å². The molecule has 0 fully saturated rings. The highest BCUT2D eigenvalue weighted by molar-refractivity contribution is 6.30. The summed E-state index contributed by atoms with van der Waals surface area (Å²) in [7, 11) is 0. The topological polar surface area (TPSA) is 42.2 Å². The van der Waals surface area contributed by atoms with Crippen molar-refractivity contribution >= 4 is 33.9 Å². The second kappa shape index (κ2) is 6.56. The van der Waals surface area contributed by atoms with Crippen LogP contribution >= 0.6 is 11.6 Å². The highest BCUT2D eigenvalue weighted by Gasteiger charge is 2.21. The molecule has 3 aromatic carbocycles. The number of halogens is 1. The molecule has 1 atom stereocenters. The van der Waals surface area contributed by atoms with Crippen LogP contribution in [0.25, 0.3) is 10.8 Å². The summed E-state index contributed by atoms with van der Waals surface area (Å²) in [6.07, 6.45) is 5.57. The largest absolute Gasteiger partial charge is 0.339 e. The van der Waals surface area contributed by atoms with E-state index in [1.807, 2.05) is 41.4 Å². The zero-order valence-corrected chi connectivity index (χ0v) is 15.3. The number of benzene rings is 3. The molecule has 0 bridgehead atoms. The zero-order valence-electron chi connectivity index (χ0n) is 14.5. The highest BCUT2D eigenvalue weighted by Crippen LogP contribution is 2.34. The Morgan fingerprint density at radius 1 is 1.04 bits per heavy atom. The van der Waals surface area contributed by atoms with Crippen LogP contribution in [-0.4, -0.2) is 15.4 Å². The summed E-state index contributed by atoms with van der Waals surface area (Å²) >= 11 is 6.08. The zero-order chi connectivity index (χ0) is 18.2. The van der Waals surface area contributed by atoms with Crippen molar-refractivity contribution in [2.45, 2.75) is 12.6 Å². The number of aliphatic imine (C=N–C) groups is 1. The predicted octanol–water partition coefficient (Wildman–Crippen LogP) is 5.30. The lowest BCUT2D eigenvalue weighted by molar-refractivity contribution is 0.579. The van der Waals surface area contributed by atoms with Crippen LogP contribution in [0.5, 0.6) is 0 Å². The number of anilines is 1. The molecular weight excluding hydrogens is 356 g/mol. The maximum Gasteiger partial charge on any atom is 0.134 e. The van der Waals surface area contributed by atoms with Crippen molar-refractivity contribution in [1.29, 1.82) is 0 Å². The number of rotatable bonds is 4. The van der Waals surface area contributed by atoms with E-state index >= 15 is 0 Å². The third kappa shape index (κ3) is 2.98. The molecule has 4 aromatic rings. The van der Waals surface area contributed by atoms with Gasteiger partial charge in [-0.05, 0) is 29.1 Å². The molecule has 1 aromatic heterocycles. The minimum absolute atomic E-state index is 0.0523. The number of aromatic nitrogens is 2. The highest BCUT2D eigenvalue weighted by atomic mass is 35.5. The fourth-order valence-corrected chi connectivity index (χ4v) is 3.72. The molecule has 0 aliphatic carbocycles. The first-order chi connectivity index (χ1) is 13.3. The van der Waals surface area contributed by atoms with Crippen LogP contribution in [0, 0.1) is 0 Å². The maximum atomic E-state index is 6.08. The minimum atomic E-state index is -0.0523. The standard InChI is InChI=1S/C22H17ClN4/c23-17-9-7-15(8-10-17)20(13-27-12-11-24-14-27)26-22-18-5-1-3-16-4-2-6-19(25-22)21(16)18/h1-12,14,20H,13H2,(H,25,26). The summed E-state index contributed by atoms with van der Waals surface area (Å²) in [6, 6.07) is 20.5. The van der Waals surface area contributed by atoms with Gasteiger partial charge < -0.3 is 9.88 Å². The lowest BCUT2D eigenvalue weighted by atomic mass is 10.0. The summed E-state index contributed by atoms with van der Waals surface area (Å²) < 4.78 is 2.05. The average molecular weight is 373 g/mol. The molecule has 0 radical (unpaired) electrons. The smallest absolute Gasteiger partial charge is 0.134 e. The molecule has 5 rings (SSSR count). The summed E-state index contributed by atoms with van der Waals surface area (Å²) in [5.41, 5.74) is 3.37. The molecule has 5 heteroatoms. The summed E-state index contributed by atoms with van der Waals surface area (Å²) in [6.45, 7) is 0.707. The van der Waals surface area contributed by atoms with E-state index < -0.39 is 0 Å². The third-order valence-electron chi connectivity index (χ3n) is 4.90. The van der Waals surface area contributed by atoms with Gasteiger partial charge in [0.1, 0.15) is 5.84 Å². The van der Waals surface area contributed by atoms with Crippen molar-refractivity contribution in [3.63, 3.8) is 0 Å². The van der Waals surface area contributed by atoms with Gasteiger partial charge >= 0.3 is 0 Å². The van der Waals surface area contributed by atoms with Crippen molar-refractivity contribution in [2.24, 2.45) is 4.99 Å². The van der Waals surface area contributed by atoms with E-state index in [0.717, 1.165) is 27.7 Å². The molecule has 2 heterocycles. The number of nitrogens with one attached hydrogen (secondary N) is 1. The Bertz CT molecular complexity index is 1130. The van der Waals surface area contributed by atoms with Gasteiger partial charge in [0, 0.05) is 34.1 Å². The second-order valence-corrected chi connectivity index (χ2v) is 7.08. The van der Waals surface area contributed by atoms with Crippen molar-refractivity contribution in [3.05, 3.63) is 95.5 Å². The first kappa shape index (κ1) is 16.1. The summed E-state index contributed by atoms with van der Waals surface area (Å²) in [5, 5.41) is 6.68. The normalized spacial score (nSPS) is 15.2. The van der Waals surface area contributed by atoms with Crippen LogP contribution in [0.2, 0.25) is 5.02 Å². The van der Waals surface area contributed by atoms with Gasteiger partial charge in [-0.1, -0.05) is 54.1 Å². The Morgan fingerprint density at radius 2 is 1.85 bits per heavy atom. The molecule has 1 aliphatic rings. The molecule has 27 heavy (non-hydrogen) atoms. The van der Waals surface area contributed by atoms with E-state index in [4.69, 9.17) is 16.6 Å². The van der Waals surface area contributed by atoms with Crippen LogP contribution in [0.4, 0.5) is 5.69 Å². The van der Waals surface area contributed by atoms with Gasteiger partial charge in [-0.15, -0.1) is 0 Å². The SMILES string of the molecule is Clc1ccc(C(Cn2ccnc2)N=C2Nc3cccc4cccc2c34)cc1. The molecule has 1 unspecified atom stereocenters. The maximum absolute atomic E-state index is 6.08. The molecule has 0 amide bonds.